The molecular formula is C29H36O4. The van der Waals surface area contributed by atoms with Crippen molar-refractivity contribution >= 4 is 17.8 Å². The number of benzene rings is 1. The number of furan rings is 1. The smallest absolute Gasteiger partial charge is 0.313 e. The van der Waals surface area contributed by atoms with E-state index in [1.807, 2.05) is 38.1 Å². The minimum atomic E-state index is -0.585. The highest BCUT2D eigenvalue weighted by atomic mass is 16.5. The van der Waals surface area contributed by atoms with E-state index < -0.39 is 5.92 Å². The molecule has 4 heteroatoms. The lowest BCUT2D eigenvalue weighted by atomic mass is 9.92. The van der Waals surface area contributed by atoms with E-state index in [1.165, 1.54) is 6.42 Å². The van der Waals surface area contributed by atoms with Crippen LogP contribution in [0.1, 0.15) is 98.2 Å². The summed E-state index contributed by atoms with van der Waals surface area (Å²) >= 11 is 0. The van der Waals surface area contributed by atoms with Crippen LogP contribution in [0.2, 0.25) is 0 Å². The van der Waals surface area contributed by atoms with Crippen LogP contribution in [-0.2, 0) is 9.53 Å². The van der Waals surface area contributed by atoms with Crippen LogP contribution in [0.4, 0.5) is 0 Å². The molecule has 0 N–H and O–H groups in total. The first-order valence-electron chi connectivity index (χ1n) is 11.9. The molecular weight excluding hydrogens is 412 g/mol. The topological polar surface area (TPSA) is 56.5 Å². The molecule has 0 bridgehead atoms. The maximum atomic E-state index is 13.3. The van der Waals surface area contributed by atoms with Gasteiger partial charge in [-0.1, -0.05) is 69.2 Å². The second kappa shape index (κ2) is 12.8. The molecule has 2 unspecified atom stereocenters. The number of allylic oxidation sites excluding steroid dienone is 1. The number of ketones is 1. The number of hydrogen-bond acceptors (Lipinski definition) is 4. The number of carbonyl (C=O) groups is 2. The quantitative estimate of drug-likeness (QED) is 0.245. The number of ether oxygens (including phenoxy) is 1. The minimum absolute atomic E-state index is 0.0240. The maximum absolute atomic E-state index is 13.3. The average Bonchev–Trinajstić information content (AvgIpc) is 3.19. The molecule has 1 saturated carbocycles. The standard InChI is InChI=1S/C27H34O4.C2H2/c1-5-18(2)16-17-23-20(4)30-26(25(28)21-12-8-6-9-13-21)24(23)19(3)27(29)31-22-14-10-7-11-15-22;1-2/h6,8-9,12-13,16-19,22H,5,7,10-11,14-15H2,1-4H3;1-2H/b17-16-;. The summed E-state index contributed by atoms with van der Waals surface area (Å²) in [4.78, 5) is 26.4. The molecule has 1 fully saturated rings. The van der Waals surface area contributed by atoms with E-state index in [-0.39, 0.29) is 23.6 Å². The molecule has 4 nitrogen and oxygen atoms in total. The Hall–Kier alpha value is -3.06. The van der Waals surface area contributed by atoms with Crippen molar-refractivity contribution < 1.29 is 18.7 Å². The van der Waals surface area contributed by atoms with Gasteiger partial charge in [-0.3, -0.25) is 9.59 Å². The zero-order valence-corrected chi connectivity index (χ0v) is 20.3. The molecule has 1 aliphatic carbocycles. The van der Waals surface area contributed by atoms with Gasteiger partial charge in [0.2, 0.25) is 5.78 Å². The van der Waals surface area contributed by atoms with E-state index >= 15 is 0 Å². The van der Waals surface area contributed by atoms with Crippen molar-refractivity contribution in [3.05, 3.63) is 64.6 Å². The number of carbonyl (C=O) groups excluding carboxylic acids is 2. The average molecular weight is 449 g/mol. The molecule has 0 saturated heterocycles. The van der Waals surface area contributed by atoms with Crippen LogP contribution in [0.15, 0.2) is 40.8 Å². The van der Waals surface area contributed by atoms with E-state index in [0.717, 1.165) is 37.7 Å². The second-order valence-corrected chi connectivity index (χ2v) is 8.67. The van der Waals surface area contributed by atoms with Gasteiger partial charge in [-0.15, -0.1) is 12.8 Å². The van der Waals surface area contributed by atoms with Gasteiger partial charge in [-0.05, 0) is 45.4 Å². The lowest BCUT2D eigenvalue weighted by Crippen LogP contribution is -2.24. The molecule has 0 spiro atoms. The van der Waals surface area contributed by atoms with E-state index in [4.69, 9.17) is 9.15 Å². The van der Waals surface area contributed by atoms with E-state index in [0.29, 0.717) is 22.8 Å². The Kier molecular flexibility index (Phi) is 10.2. The Labute approximate surface area is 198 Å². The third kappa shape index (κ3) is 6.71. The minimum Gasteiger partial charge on any atom is -0.462 e. The van der Waals surface area contributed by atoms with Gasteiger partial charge in [0, 0.05) is 16.7 Å². The molecule has 2 atom stereocenters. The van der Waals surface area contributed by atoms with Gasteiger partial charge in [0.15, 0.2) is 5.76 Å². The molecule has 1 aliphatic rings. The normalized spacial score (nSPS) is 15.9. The lowest BCUT2D eigenvalue weighted by Gasteiger charge is -2.23. The molecule has 176 valence electrons. The number of aryl methyl sites for hydroxylation is 1. The number of esters is 1. The van der Waals surface area contributed by atoms with Crippen molar-refractivity contribution in [1.82, 2.24) is 0 Å². The van der Waals surface area contributed by atoms with Crippen LogP contribution in [0.25, 0.3) is 6.08 Å². The summed E-state index contributed by atoms with van der Waals surface area (Å²) in [5, 5.41) is 0. The van der Waals surface area contributed by atoms with Gasteiger partial charge in [0.05, 0.1) is 5.92 Å². The summed E-state index contributed by atoms with van der Waals surface area (Å²) in [7, 11) is 0. The van der Waals surface area contributed by atoms with Crippen molar-refractivity contribution in [3.63, 3.8) is 0 Å². The van der Waals surface area contributed by atoms with Crippen LogP contribution < -0.4 is 0 Å². The highest BCUT2D eigenvalue weighted by molar-refractivity contribution is 6.09. The predicted molar refractivity (Wildman–Crippen MR) is 133 cm³/mol. The summed E-state index contributed by atoms with van der Waals surface area (Å²) < 4.78 is 11.8. The third-order valence-electron chi connectivity index (χ3n) is 6.27. The molecule has 2 aromatic rings. The number of rotatable bonds is 8. The number of hydrogen-bond donors (Lipinski definition) is 0. The van der Waals surface area contributed by atoms with Crippen molar-refractivity contribution in [1.29, 1.82) is 0 Å². The highest BCUT2D eigenvalue weighted by Gasteiger charge is 2.32. The van der Waals surface area contributed by atoms with Gasteiger partial charge in [0.25, 0.3) is 0 Å². The highest BCUT2D eigenvalue weighted by Crippen LogP contribution is 2.34. The Bertz CT molecular complexity index is 958. The van der Waals surface area contributed by atoms with Gasteiger partial charge < -0.3 is 9.15 Å². The maximum Gasteiger partial charge on any atom is 0.313 e. The Morgan fingerprint density at radius 1 is 1.12 bits per heavy atom. The first-order valence-corrected chi connectivity index (χ1v) is 11.9. The summed E-state index contributed by atoms with van der Waals surface area (Å²) in [5.74, 6) is 0.192. The largest absolute Gasteiger partial charge is 0.462 e. The van der Waals surface area contributed by atoms with E-state index in [2.05, 4.69) is 32.8 Å². The van der Waals surface area contributed by atoms with Crippen LogP contribution in [-0.4, -0.2) is 17.9 Å². The number of terminal acetylenes is 1. The van der Waals surface area contributed by atoms with Crippen molar-refractivity contribution in [2.24, 2.45) is 5.92 Å². The Morgan fingerprint density at radius 2 is 1.76 bits per heavy atom. The lowest BCUT2D eigenvalue weighted by molar-refractivity contribution is -0.152. The van der Waals surface area contributed by atoms with Gasteiger partial charge in [-0.25, -0.2) is 0 Å². The Morgan fingerprint density at radius 3 is 2.36 bits per heavy atom. The van der Waals surface area contributed by atoms with Crippen molar-refractivity contribution in [2.45, 2.75) is 78.2 Å². The zero-order valence-electron chi connectivity index (χ0n) is 20.3. The third-order valence-corrected chi connectivity index (χ3v) is 6.27. The fraction of sp³-hybridized carbons (Fsp3) is 0.448. The molecule has 3 rings (SSSR count). The molecule has 1 aromatic heterocycles. The van der Waals surface area contributed by atoms with E-state index in [1.54, 1.807) is 12.1 Å². The van der Waals surface area contributed by atoms with E-state index in [9.17, 15) is 9.59 Å². The van der Waals surface area contributed by atoms with Crippen LogP contribution in [0, 0.1) is 25.7 Å². The SMILES string of the molecule is C#C.CCC(C)/C=C\c1c(C)oc(C(=O)c2ccccc2)c1C(C)C(=O)OC1CCCCC1. The summed E-state index contributed by atoms with van der Waals surface area (Å²) in [6, 6.07) is 9.06. The van der Waals surface area contributed by atoms with Crippen LogP contribution >= 0.6 is 0 Å². The Balaban J connectivity index is 0.00000187. The summed E-state index contributed by atoms with van der Waals surface area (Å²) in [6.07, 6.45) is 18.3. The first-order chi connectivity index (χ1) is 15.9. The summed E-state index contributed by atoms with van der Waals surface area (Å²) in [5.41, 5.74) is 1.99. The van der Waals surface area contributed by atoms with Gasteiger partial charge in [-0.2, -0.15) is 0 Å². The molecule has 0 amide bonds. The first kappa shape index (κ1) is 26.2. The monoisotopic (exact) mass is 448 g/mol. The fourth-order valence-corrected chi connectivity index (χ4v) is 4.07. The zero-order chi connectivity index (χ0) is 24.4. The molecule has 33 heavy (non-hydrogen) atoms. The summed E-state index contributed by atoms with van der Waals surface area (Å²) in [6.45, 7) is 7.94. The molecule has 0 radical (unpaired) electrons. The van der Waals surface area contributed by atoms with Crippen molar-refractivity contribution in [3.8, 4) is 12.8 Å². The van der Waals surface area contributed by atoms with Gasteiger partial charge >= 0.3 is 5.97 Å². The molecule has 0 aliphatic heterocycles. The molecule has 1 heterocycles. The second-order valence-electron chi connectivity index (χ2n) is 8.67. The van der Waals surface area contributed by atoms with Gasteiger partial charge in [0.1, 0.15) is 11.9 Å². The predicted octanol–water partition coefficient (Wildman–Crippen LogP) is 7.11. The van der Waals surface area contributed by atoms with Crippen LogP contribution in [0.5, 0.6) is 0 Å². The fourth-order valence-electron chi connectivity index (χ4n) is 4.07. The molecule has 1 aromatic carbocycles. The van der Waals surface area contributed by atoms with Crippen LogP contribution in [0.3, 0.4) is 0 Å². The van der Waals surface area contributed by atoms with Crippen molar-refractivity contribution in [2.75, 3.05) is 0 Å².